The smallest absolute Gasteiger partial charge is 0.191 e. The highest BCUT2D eigenvalue weighted by atomic mass is 127. The van der Waals surface area contributed by atoms with Gasteiger partial charge in [-0.2, -0.15) is 0 Å². The zero-order chi connectivity index (χ0) is 12.8. The molecular weight excluding hydrogens is 357 g/mol. The van der Waals surface area contributed by atoms with E-state index in [-0.39, 0.29) is 36.0 Å². The van der Waals surface area contributed by atoms with Crippen molar-refractivity contribution in [3.8, 4) is 0 Å². The van der Waals surface area contributed by atoms with Crippen molar-refractivity contribution in [3.63, 3.8) is 0 Å². The second kappa shape index (κ2) is 8.06. The number of aliphatic hydroxyl groups excluding tert-OH is 1. The van der Waals surface area contributed by atoms with Crippen LogP contribution in [-0.4, -0.2) is 50.0 Å². The zero-order valence-electron chi connectivity index (χ0n) is 11.4. The number of hydrogen-bond donors (Lipinski definition) is 3. The Morgan fingerprint density at radius 3 is 2.58 bits per heavy atom. The van der Waals surface area contributed by atoms with Crippen LogP contribution in [0, 0.1) is 5.41 Å². The number of hydrogen-bond acceptors (Lipinski definition) is 3. The topological polar surface area (TPSA) is 65.9 Å². The summed E-state index contributed by atoms with van der Waals surface area (Å²) >= 11 is 0. The minimum Gasteiger partial charge on any atom is -0.396 e. The lowest BCUT2D eigenvalue weighted by molar-refractivity contribution is -0.130. The summed E-state index contributed by atoms with van der Waals surface area (Å²) in [4.78, 5) is 4.57. The fourth-order valence-corrected chi connectivity index (χ4v) is 2.12. The summed E-state index contributed by atoms with van der Waals surface area (Å²) in [6.45, 7) is 4.86. The van der Waals surface area contributed by atoms with Crippen molar-refractivity contribution in [3.05, 3.63) is 12.2 Å². The van der Waals surface area contributed by atoms with E-state index in [1.54, 1.807) is 0 Å². The van der Waals surface area contributed by atoms with E-state index in [1.165, 1.54) is 0 Å². The first-order chi connectivity index (χ1) is 8.78. The minimum atomic E-state index is -0.156. The van der Waals surface area contributed by atoms with Gasteiger partial charge in [0, 0.05) is 12.6 Å². The molecule has 1 heterocycles. The van der Waals surface area contributed by atoms with E-state index in [1.807, 2.05) is 0 Å². The first kappa shape index (κ1) is 16.7. The van der Waals surface area contributed by atoms with Crippen LogP contribution in [0.3, 0.4) is 0 Å². The third-order valence-electron chi connectivity index (χ3n) is 3.42. The Kier molecular flexibility index (Phi) is 7.09. The van der Waals surface area contributed by atoms with Gasteiger partial charge in [0.25, 0.3) is 0 Å². The molecular formula is C13H24IN3O2. The molecule has 3 N–H and O–H groups in total. The highest BCUT2D eigenvalue weighted by Gasteiger charge is 2.38. The van der Waals surface area contributed by atoms with Gasteiger partial charge in [0.2, 0.25) is 0 Å². The first-order valence-electron chi connectivity index (χ1n) is 6.66. The summed E-state index contributed by atoms with van der Waals surface area (Å²) < 4.78 is 5.17. The molecule has 0 atom stereocenters. The molecule has 0 saturated carbocycles. The molecule has 2 rings (SSSR count). The summed E-state index contributed by atoms with van der Waals surface area (Å²) in [6, 6.07) is 0.450. The lowest BCUT2D eigenvalue weighted by atomic mass is 9.87. The van der Waals surface area contributed by atoms with Crippen LogP contribution >= 0.6 is 24.0 Å². The normalized spacial score (nSPS) is 21.7. The number of nitrogens with zero attached hydrogens (tertiary/aromatic N) is 1. The molecule has 2 aliphatic rings. The van der Waals surface area contributed by atoms with Crippen LogP contribution < -0.4 is 10.6 Å². The fourth-order valence-electron chi connectivity index (χ4n) is 2.12. The number of nitrogens with one attached hydrogen (secondary N) is 2. The third kappa shape index (κ3) is 4.61. The van der Waals surface area contributed by atoms with Crippen molar-refractivity contribution in [2.75, 3.05) is 32.9 Å². The van der Waals surface area contributed by atoms with Gasteiger partial charge in [-0.25, -0.2) is 0 Å². The van der Waals surface area contributed by atoms with Crippen molar-refractivity contribution in [1.82, 2.24) is 10.6 Å². The summed E-state index contributed by atoms with van der Waals surface area (Å²) in [7, 11) is 0. The first-order valence-corrected chi connectivity index (χ1v) is 6.66. The predicted molar refractivity (Wildman–Crippen MR) is 87.0 cm³/mol. The Hall–Kier alpha value is -0.340. The van der Waals surface area contributed by atoms with Gasteiger partial charge in [0.05, 0.1) is 31.8 Å². The molecule has 0 aromatic heterocycles. The van der Waals surface area contributed by atoms with Gasteiger partial charge >= 0.3 is 0 Å². The standard InChI is InChI=1S/C13H23N3O2.HI/c1-2-14-12(16-11-5-3-4-6-11)15-7-13(8-17)9-18-10-13;/h3-4,11,17H,2,5-10H2,1H3,(H2,14,15,16);1H. The van der Waals surface area contributed by atoms with Gasteiger partial charge in [-0.1, -0.05) is 12.2 Å². The van der Waals surface area contributed by atoms with E-state index < -0.39 is 0 Å². The summed E-state index contributed by atoms with van der Waals surface area (Å²) in [5.74, 6) is 0.839. The van der Waals surface area contributed by atoms with Gasteiger partial charge in [-0.05, 0) is 19.8 Å². The lowest BCUT2D eigenvalue weighted by Gasteiger charge is -2.38. The molecule has 0 unspecified atom stereocenters. The maximum absolute atomic E-state index is 9.36. The van der Waals surface area contributed by atoms with E-state index >= 15 is 0 Å². The molecule has 19 heavy (non-hydrogen) atoms. The molecule has 0 spiro atoms. The number of aliphatic hydroxyl groups is 1. The van der Waals surface area contributed by atoms with Crippen molar-refractivity contribution < 1.29 is 9.84 Å². The average molecular weight is 381 g/mol. The van der Waals surface area contributed by atoms with Gasteiger partial charge in [0.1, 0.15) is 0 Å². The summed E-state index contributed by atoms with van der Waals surface area (Å²) in [5.41, 5.74) is -0.156. The molecule has 0 amide bonds. The number of rotatable bonds is 5. The molecule has 0 radical (unpaired) electrons. The van der Waals surface area contributed by atoms with Crippen LogP contribution in [0.4, 0.5) is 0 Å². The lowest BCUT2D eigenvalue weighted by Crippen LogP contribution is -2.49. The number of halogens is 1. The van der Waals surface area contributed by atoms with Crippen molar-refractivity contribution in [1.29, 1.82) is 0 Å². The monoisotopic (exact) mass is 381 g/mol. The summed E-state index contributed by atoms with van der Waals surface area (Å²) in [5, 5.41) is 16.0. The molecule has 0 aromatic carbocycles. The molecule has 0 aromatic rings. The SMILES string of the molecule is CCNC(=NCC1(CO)COC1)NC1CC=CC1.I. The van der Waals surface area contributed by atoms with Crippen molar-refractivity contribution >= 4 is 29.9 Å². The molecule has 6 heteroatoms. The quantitative estimate of drug-likeness (QED) is 0.287. The minimum absolute atomic E-state index is 0. The van der Waals surface area contributed by atoms with Gasteiger partial charge in [0.15, 0.2) is 5.96 Å². The maximum Gasteiger partial charge on any atom is 0.191 e. The third-order valence-corrected chi connectivity index (χ3v) is 3.42. The second-order valence-electron chi connectivity index (χ2n) is 5.13. The van der Waals surface area contributed by atoms with E-state index in [2.05, 4.69) is 34.7 Å². The Balaban J connectivity index is 0.00000180. The maximum atomic E-state index is 9.36. The van der Waals surface area contributed by atoms with Crippen LogP contribution in [0.2, 0.25) is 0 Å². The van der Waals surface area contributed by atoms with E-state index in [0.717, 1.165) is 25.3 Å². The van der Waals surface area contributed by atoms with Gasteiger partial charge in [-0.3, -0.25) is 4.99 Å². The zero-order valence-corrected chi connectivity index (χ0v) is 13.7. The highest BCUT2D eigenvalue weighted by Crippen LogP contribution is 2.26. The van der Waals surface area contributed by atoms with E-state index in [9.17, 15) is 5.11 Å². The Labute approximate surface area is 131 Å². The molecule has 1 aliphatic heterocycles. The highest BCUT2D eigenvalue weighted by molar-refractivity contribution is 14.0. The van der Waals surface area contributed by atoms with Crippen LogP contribution in [0.25, 0.3) is 0 Å². The number of ether oxygens (including phenoxy) is 1. The van der Waals surface area contributed by atoms with Crippen LogP contribution in [0.15, 0.2) is 17.1 Å². The average Bonchev–Trinajstić information content (AvgIpc) is 2.81. The molecule has 1 saturated heterocycles. The van der Waals surface area contributed by atoms with Gasteiger partial charge < -0.3 is 20.5 Å². The molecule has 110 valence electrons. The van der Waals surface area contributed by atoms with E-state index in [4.69, 9.17) is 4.74 Å². The van der Waals surface area contributed by atoms with Crippen molar-refractivity contribution in [2.45, 2.75) is 25.8 Å². The molecule has 1 fully saturated rings. The molecule has 0 bridgehead atoms. The van der Waals surface area contributed by atoms with Crippen LogP contribution in [0.5, 0.6) is 0 Å². The largest absolute Gasteiger partial charge is 0.396 e. The van der Waals surface area contributed by atoms with Crippen LogP contribution in [-0.2, 0) is 4.74 Å². The molecule has 5 nitrogen and oxygen atoms in total. The van der Waals surface area contributed by atoms with Gasteiger partial charge in [-0.15, -0.1) is 24.0 Å². The Morgan fingerprint density at radius 2 is 2.11 bits per heavy atom. The second-order valence-corrected chi connectivity index (χ2v) is 5.13. The predicted octanol–water partition coefficient (Wildman–Crippen LogP) is 0.887. The number of guanidine groups is 1. The fraction of sp³-hybridized carbons (Fsp3) is 0.769. The number of aliphatic imine (C=N–C) groups is 1. The summed E-state index contributed by atoms with van der Waals surface area (Å²) in [6.07, 6.45) is 6.49. The Bertz CT molecular complexity index is 316. The molecule has 1 aliphatic carbocycles. The van der Waals surface area contributed by atoms with E-state index in [0.29, 0.717) is 25.8 Å². The van der Waals surface area contributed by atoms with Crippen LogP contribution in [0.1, 0.15) is 19.8 Å². The Morgan fingerprint density at radius 1 is 1.42 bits per heavy atom. The van der Waals surface area contributed by atoms with Crippen molar-refractivity contribution in [2.24, 2.45) is 10.4 Å².